The number of carboxylic acids is 1. The number of fused-ring (bicyclic) bond motifs is 1. The molecule has 1 N–H and O–H groups in total. The molecule has 96 valence electrons. The highest BCUT2D eigenvalue weighted by atomic mass is 16.4. The maximum absolute atomic E-state index is 11.8. The standard InChI is InChI=1S/C14H22O3/c1-13(2)5-4-6-14(3)10(12(16)17)7-9(15)8-11(13)14/h10-11H,4-8H2,1-3H3,(H,16,17). The van der Waals surface area contributed by atoms with Gasteiger partial charge in [-0.2, -0.15) is 0 Å². The third-order valence-corrected chi connectivity index (χ3v) is 5.23. The highest BCUT2D eigenvalue weighted by molar-refractivity contribution is 5.86. The van der Waals surface area contributed by atoms with Crippen LogP contribution in [0.15, 0.2) is 0 Å². The molecule has 3 atom stereocenters. The van der Waals surface area contributed by atoms with Crippen LogP contribution in [-0.4, -0.2) is 16.9 Å². The molecule has 3 unspecified atom stereocenters. The first-order chi connectivity index (χ1) is 7.77. The van der Waals surface area contributed by atoms with Gasteiger partial charge in [-0.15, -0.1) is 0 Å². The lowest BCUT2D eigenvalue weighted by atomic mass is 9.48. The molecule has 3 nitrogen and oxygen atoms in total. The van der Waals surface area contributed by atoms with Crippen molar-refractivity contribution in [3.05, 3.63) is 0 Å². The summed E-state index contributed by atoms with van der Waals surface area (Å²) >= 11 is 0. The SMILES string of the molecule is CC1(C)CCCC2(C)C(C(=O)O)CC(=O)CC12. The Morgan fingerprint density at radius 3 is 2.47 bits per heavy atom. The molecular formula is C14H22O3. The minimum Gasteiger partial charge on any atom is -0.481 e. The average molecular weight is 238 g/mol. The van der Waals surface area contributed by atoms with Crippen LogP contribution in [0.5, 0.6) is 0 Å². The summed E-state index contributed by atoms with van der Waals surface area (Å²) in [5.74, 6) is -0.905. The van der Waals surface area contributed by atoms with Crippen LogP contribution >= 0.6 is 0 Å². The molecule has 2 saturated carbocycles. The van der Waals surface area contributed by atoms with Crippen LogP contribution in [0.2, 0.25) is 0 Å². The van der Waals surface area contributed by atoms with Crippen molar-refractivity contribution >= 4 is 11.8 Å². The molecule has 0 bridgehead atoms. The van der Waals surface area contributed by atoms with Gasteiger partial charge >= 0.3 is 5.97 Å². The van der Waals surface area contributed by atoms with Gasteiger partial charge in [-0.25, -0.2) is 0 Å². The summed E-state index contributed by atoms with van der Waals surface area (Å²) < 4.78 is 0. The third-order valence-electron chi connectivity index (χ3n) is 5.23. The summed E-state index contributed by atoms with van der Waals surface area (Å²) in [7, 11) is 0. The summed E-state index contributed by atoms with van der Waals surface area (Å²) in [6.07, 6.45) is 3.95. The van der Waals surface area contributed by atoms with E-state index < -0.39 is 11.9 Å². The molecule has 0 spiro atoms. The van der Waals surface area contributed by atoms with Crippen LogP contribution in [-0.2, 0) is 9.59 Å². The summed E-state index contributed by atoms with van der Waals surface area (Å²) in [6, 6.07) is 0. The van der Waals surface area contributed by atoms with Gasteiger partial charge in [-0.3, -0.25) is 9.59 Å². The summed E-state index contributed by atoms with van der Waals surface area (Å²) in [6.45, 7) is 6.46. The van der Waals surface area contributed by atoms with Crippen LogP contribution in [0.1, 0.15) is 52.9 Å². The number of aliphatic carboxylic acids is 1. The van der Waals surface area contributed by atoms with Crippen molar-refractivity contribution in [2.75, 3.05) is 0 Å². The van der Waals surface area contributed by atoms with E-state index in [4.69, 9.17) is 0 Å². The van der Waals surface area contributed by atoms with E-state index in [1.807, 2.05) is 0 Å². The lowest BCUT2D eigenvalue weighted by Crippen LogP contribution is -2.53. The molecule has 3 heteroatoms. The van der Waals surface area contributed by atoms with Gasteiger partial charge in [0.05, 0.1) is 5.92 Å². The zero-order valence-corrected chi connectivity index (χ0v) is 11.0. The first kappa shape index (κ1) is 12.6. The Morgan fingerprint density at radius 1 is 1.24 bits per heavy atom. The third kappa shape index (κ3) is 1.90. The molecule has 2 fully saturated rings. The number of Topliss-reactive ketones (excluding diaryl/α,β-unsaturated/α-hetero) is 1. The predicted molar refractivity (Wildman–Crippen MR) is 64.6 cm³/mol. The van der Waals surface area contributed by atoms with Crippen LogP contribution in [0.3, 0.4) is 0 Å². The lowest BCUT2D eigenvalue weighted by Gasteiger charge is -2.55. The second kappa shape index (κ2) is 3.82. The maximum Gasteiger partial charge on any atom is 0.307 e. The first-order valence-corrected chi connectivity index (χ1v) is 6.52. The van der Waals surface area contributed by atoms with Gasteiger partial charge < -0.3 is 5.11 Å². The van der Waals surface area contributed by atoms with Gasteiger partial charge in [-0.1, -0.05) is 27.2 Å². The quantitative estimate of drug-likeness (QED) is 0.764. The summed E-state index contributed by atoms with van der Waals surface area (Å²) in [5, 5.41) is 9.38. The number of hydrogen-bond acceptors (Lipinski definition) is 2. The van der Waals surface area contributed by atoms with E-state index in [0.29, 0.717) is 6.42 Å². The Hall–Kier alpha value is -0.860. The molecular weight excluding hydrogens is 216 g/mol. The number of hydrogen-bond donors (Lipinski definition) is 1. The zero-order chi connectivity index (χ0) is 12.8. The average Bonchev–Trinajstić information content (AvgIpc) is 2.19. The molecule has 2 aliphatic carbocycles. The zero-order valence-electron chi connectivity index (χ0n) is 11.0. The number of carbonyl (C=O) groups excluding carboxylic acids is 1. The summed E-state index contributed by atoms with van der Waals surface area (Å²) in [4.78, 5) is 23.2. The van der Waals surface area contributed by atoms with Crippen molar-refractivity contribution in [1.29, 1.82) is 0 Å². The predicted octanol–water partition coefficient (Wildman–Crippen LogP) is 2.88. The Labute approximate surface area is 103 Å². The largest absolute Gasteiger partial charge is 0.481 e. The molecule has 0 heterocycles. The number of ketones is 1. The fourth-order valence-electron chi connectivity index (χ4n) is 4.23. The minimum atomic E-state index is -0.789. The van der Waals surface area contributed by atoms with Gasteiger partial charge in [-0.05, 0) is 29.6 Å². The molecule has 0 aromatic carbocycles. The normalized spacial score (nSPS) is 40.8. The molecule has 0 amide bonds. The first-order valence-electron chi connectivity index (χ1n) is 6.52. The molecule has 0 aliphatic heterocycles. The van der Waals surface area contributed by atoms with Crippen molar-refractivity contribution in [3.8, 4) is 0 Å². The van der Waals surface area contributed by atoms with Crippen molar-refractivity contribution in [3.63, 3.8) is 0 Å². The fraction of sp³-hybridized carbons (Fsp3) is 0.857. The fourth-order valence-corrected chi connectivity index (χ4v) is 4.23. The smallest absolute Gasteiger partial charge is 0.307 e. The van der Waals surface area contributed by atoms with Crippen molar-refractivity contribution < 1.29 is 14.7 Å². The van der Waals surface area contributed by atoms with Gasteiger partial charge in [0.15, 0.2) is 0 Å². The number of rotatable bonds is 1. The number of carbonyl (C=O) groups is 2. The van der Waals surface area contributed by atoms with Crippen molar-refractivity contribution in [1.82, 2.24) is 0 Å². The van der Waals surface area contributed by atoms with Gasteiger partial charge in [0.25, 0.3) is 0 Å². The Balaban J connectivity index is 2.40. The molecule has 0 aromatic rings. The molecule has 0 radical (unpaired) electrons. The van der Waals surface area contributed by atoms with Crippen LogP contribution in [0.25, 0.3) is 0 Å². The van der Waals surface area contributed by atoms with Crippen LogP contribution < -0.4 is 0 Å². The van der Waals surface area contributed by atoms with E-state index in [2.05, 4.69) is 20.8 Å². The molecule has 0 aromatic heterocycles. The van der Waals surface area contributed by atoms with E-state index in [0.717, 1.165) is 19.3 Å². The molecule has 2 rings (SSSR count). The maximum atomic E-state index is 11.8. The molecule has 2 aliphatic rings. The highest BCUT2D eigenvalue weighted by Crippen LogP contribution is 2.59. The Morgan fingerprint density at radius 2 is 1.88 bits per heavy atom. The van der Waals surface area contributed by atoms with Crippen molar-refractivity contribution in [2.24, 2.45) is 22.7 Å². The topological polar surface area (TPSA) is 54.4 Å². The molecule has 17 heavy (non-hydrogen) atoms. The van der Waals surface area contributed by atoms with Gasteiger partial charge in [0.1, 0.15) is 5.78 Å². The van der Waals surface area contributed by atoms with E-state index in [-0.39, 0.29) is 29.0 Å². The Kier molecular flexibility index (Phi) is 2.83. The minimum absolute atomic E-state index is 0.0940. The second-order valence-corrected chi connectivity index (χ2v) is 6.74. The highest BCUT2D eigenvalue weighted by Gasteiger charge is 2.56. The number of carboxylic acid groups (broad SMARTS) is 1. The second-order valence-electron chi connectivity index (χ2n) is 6.74. The van der Waals surface area contributed by atoms with E-state index in [1.165, 1.54) is 0 Å². The van der Waals surface area contributed by atoms with Crippen molar-refractivity contribution in [2.45, 2.75) is 52.9 Å². The lowest BCUT2D eigenvalue weighted by molar-refractivity contribution is -0.163. The van der Waals surface area contributed by atoms with E-state index >= 15 is 0 Å². The van der Waals surface area contributed by atoms with Crippen LogP contribution in [0, 0.1) is 22.7 Å². The van der Waals surface area contributed by atoms with Gasteiger partial charge in [0.2, 0.25) is 0 Å². The van der Waals surface area contributed by atoms with E-state index in [9.17, 15) is 14.7 Å². The van der Waals surface area contributed by atoms with E-state index in [1.54, 1.807) is 0 Å². The monoisotopic (exact) mass is 238 g/mol. The van der Waals surface area contributed by atoms with Gasteiger partial charge in [0, 0.05) is 12.8 Å². The summed E-state index contributed by atoms with van der Waals surface area (Å²) in [5.41, 5.74) is -0.0989. The van der Waals surface area contributed by atoms with Crippen LogP contribution in [0.4, 0.5) is 0 Å². The molecule has 0 saturated heterocycles. The Bertz CT molecular complexity index is 358.